The van der Waals surface area contributed by atoms with Crippen LogP contribution in [-0.2, 0) is 0 Å². The zero-order chi connectivity index (χ0) is 8.77. The van der Waals surface area contributed by atoms with Crippen LogP contribution in [-0.4, -0.2) is 28.5 Å². The van der Waals surface area contributed by atoms with E-state index < -0.39 is 0 Å². The highest BCUT2D eigenvalue weighted by Gasteiger charge is 2.39. The third-order valence-corrected chi connectivity index (χ3v) is 3.53. The highest BCUT2D eigenvalue weighted by atomic mass is 31.0. The van der Waals surface area contributed by atoms with Gasteiger partial charge < -0.3 is 5.11 Å². The molecular formula is C9H18NOP. The Morgan fingerprint density at radius 3 is 2.33 bits per heavy atom. The molecule has 1 aliphatic heterocycles. The summed E-state index contributed by atoms with van der Waals surface area (Å²) in [6, 6.07) is 0. The minimum Gasteiger partial charge on any atom is -0.390 e. The van der Waals surface area contributed by atoms with E-state index in [1.54, 1.807) is 0 Å². The van der Waals surface area contributed by atoms with Crippen molar-refractivity contribution in [3.05, 3.63) is 0 Å². The number of hydrogen-bond acceptors (Lipinski definition) is 2. The van der Waals surface area contributed by atoms with E-state index in [0.29, 0.717) is 0 Å². The lowest BCUT2D eigenvalue weighted by molar-refractivity contribution is -0.0426. The minimum absolute atomic E-state index is 0.375. The van der Waals surface area contributed by atoms with E-state index in [4.69, 9.17) is 0 Å². The lowest BCUT2D eigenvalue weighted by Crippen LogP contribution is -2.46. The van der Waals surface area contributed by atoms with Gasteiger partial charge in [-0.05, 0) is 38.0 Å². The normalized spacial score (nSPS) is 49.2. The summed E-state index contributed by atoms with van der Waals surface area (Å²) in [5.74, 6) is 1.45. The molecule has 2 bridgehead atoms. The second-order valence-electron chi connectivity index (χ2n) is 4.83. The van der Waals surface area contributed by atoms with Gasteiger partial charge in [0, 0.05) is 13.1 Å². The molecule has 0 aromatic rings. The summed E-state index contributed by atoms with van der Waals surface area (Å²) in [5.41, 5.74) is -0.375. The van der Waals surface area contributed by atoms with Gasteiger partial charge in [-0.3, -0.25) is 4.67 Å². The first kappa shape index (κ1) is 8.93. The van der Waals surface area contributed by atoms with Crippen molar-refractivity contribution in [2.24, 2.45) is 11.8 Å². The van der Waals surface area contributed by atoms with Crippen molar-refractivity contribution in [2.75, 3.05) is 13.1 Å². The molecular weight excluding hydrogens is 169 g/mol. The van der Waals surface area contributed by atoms with Gasteiger partial charge >= 0.3 is 0 Å². The van der Waals surface area contributed by atoms with Crippen LogP contribution in [0, 0.1) is 11.8 Å². The van der Waals surface area contributed by atoms with Gasteiger partial charge in [-0.1, -0.05) is 9.39 Å². The summed E-state index contributed by atoms with van der Waals surface area (Å²) in [6.45, 7) is 4.29. The van der Waals surface area contributed by atoms with Gasteiger partial charge in [0.1, 0.15) is 0 Å². The maximum atomic E-state index is 9.94. The topological polar surface area (TPSA) is 23.5 Å². The number of piperidine rings is 1. The van der Waals surface area contributed by atoms with Crippen LogP contribution >= 0.6 is 9.39 Å². The third kappa shape index (κ3) is 1.81. The molecule has 1 heterocycles. The molecule has 3 unspecified atom stereocenters. The van der Waals surface area contributed by atoms with Crippen molar-refractivity contribution in [1.29, 1.82) is 0 Å². The smallest absolute Gasteiger partial charge is 0.0626 e. The standard InChI is InChI=1S/C9H18NOP/c1-9(11)3-7-2-8(4-9)6-10(12)5-7/h7-8,11H,2-6,12H2,1H3. The Bertz CT molecular complexity index is 163. The minimum atomic E-state index is -0.375. The highest BCUT2D eigenvalue weighted by molar-refractivity contribution is 7.13. The molecule has 1 aliphatic carbocycles. The molecule has 1 N–H and O–H groups in total. The second-order valence-corrected chi connectivity index (χ2v) is 5.56. The molecule has 70 valence electrons. The Labute approximate surface area is 76.6 Å². The molecule has 2 aliphatic rings. The molecule has 3 heteroatoms. The van der Waals surface area contributed by atoms with E-state index in [0.717, 1.165) is 37.8 Å². The lowest BCUT2D eigenvalue weighted by Gasteiger charge is -2.45. The quantitative estimate of drug-likeness (QED) is 0.577. The van der Waals surface area contributed by atoms with Crippen molar-refractivity contribution < 1.29 is 5.11 Å². The molecule has 0 aromatic heterocycles. The summed E-state index contributed by atoms with van der Waals surface area (Å²) >= 11 is 0. The predicted molar refractivity (Wildman–Crippen MR) is 52.7 cm³/mol. The van der Waals surface area contributed by atoms with E-state index >= 15 is 0 Å². The van der Waals surface area contributed by atoms with Crippen molar-refractivity contribution >= 4 is 9.39 Å². The fourth-order valence-corrected chi connectivity index (χ4v) is 3.58. The molecule has 0 amide bonds. The van der Waals surface area contributed by atoms with Crippen molar-refractivity contribution in [1.82, 2.24) is 4.67 Å². The average molecular weight is 187 g/mol. The third-order valence-electron chi connectivity index (χ3n) is 3.11. The van der Waals surface area contributed by atoms with Crippen LogP contribution in [0.25, 0.3) is 0 Å². The fourth-order valence-electron chi connectivity index (χ4n) is 2.98. The van der Waals surface area contributed by atoms with E-state index in [1.807, 2.05) is 6.92 Å². The van der Waals surface area contributed by atoms with Crippen LogP contribution in [0.5, 0.6) is 0 Å². The number of fused-ring (bicyclic) bond motifs is 2. The first-order valence-corrected chi connectivity index (χ1v) is 5.29. The first-order chi connectivity index (χ1) is 5.55. The summed E-state index contributed by atoms with van der Waals surface area (Å²) < 4.78 is 2.33. The predicted octanol–water partition coefficient (Wildman–Crippen LogP) is 1.26. The maximum absolute atomic E-state index is 9.94. The van der Waals surface area contributed by atoms with Crippen LogP contribution in [0.4, 0.5) is 0 Å². The molecule has 1 saturated heterocycles. The van der Waals surface area contributed by atoms with Crippen LogP contribution in [0.2, 0.25) is 0 Å². The molecule has 0 aromatic carbocycles. The summed E-state index contributed by atoms with van der Waals surface area (Å²) in [5, 5.41) is 9.94. The van der Waals surface area contributed by atoms with Gasteiger partial charge in [-0.15, -0.1) is 0 Å². The number of nitrogens with zero attached hydrogens (tertiary/aromatic N) is 1. The average Bonchev–Trinajstić information content (AvgIpc) is 1.78. The van der Waals surface area contributed by atoms with Gasteiger partial charge in [0.2, 0.25) is 0 Å². The zero-order valence-corrected chi connectivity index (χ0v) is 8.82. The number of rotatable bonds is 0. The Balaban J connectivity index is 2.06. The molecule has 0 radical (unpaired) electrons. The van der Waals surface area contributed by atoms with Crippen LogP contribution in [0.3, 0.4) is 0 Å². The summed E-state index contributed by atoms with van der Waals surface area (Å²) in [7, 11) is 2.79. The van der Waals surface area contributed by atoms with Gasteiger partial charge in [0.15, 0.2) is 0 Å². The van der Waals surface area contributed by atoms with Crippen molar-refractivity contribution in [2.45, 2.75) is 31.8 Å². The SMILES string of the molecule is CC1(O)CC2CC(CN(P)C2)C1. The summed E-state index contributed by atoms with van der Waals surface area (Å²) in [4.78, 5) is 0. The van der Waals surface area contributed by atoms with E-state index in [1.165, 1.54) is 6.42 Å². The number of hydrogen-bond donors (Lipinski definition) is 1. The summed E-state index contributed by atoms with van der Waals surface area (Å²) in [6.07, 6.45) is 3.32. The Morgan fingerprint density at radius 2 is 1.83 bits per heavy atom. The molecule has 3 atom stereocenters. The van der Waals surface area contributed by atoms with Crippen LogP contribution in [0.15, 0.2) is 0 Å². The van der Waals surface area contributed by atoms with Gasteiger partial charge in [0.05, 0.1) is 5.60 Å². The van der Waals surface area contributed by atoms with Gasteiger partial charge in [-0.2, -0.15) is 0 Å². The van der Waals surface area contributed by atoms with Crippen LogP contribution < -0.4 is 0 Å². The Kier molecular flexibility index (Phi) is 2.18. The van der Waals surface area contributed by atoms with E-state index in [2.05, 4.69) is 14.1 Å². The molecule has 2 rings (SSSR count). The monoisotopic (exact) mass is 187 g/mol. The molecule has 2 fully saturated rings. The van der Waals surface area contributed by atoms with Gasteiger partial charge in [0.25, 0.3) is 0 Å². The van der Waals surface area contributed by atoms with E-state index in [9.17, 15) is 5.11 Å². The van der Waals surface area contributed by atoms with Crippen LogP contribution in [0.1, 0.15) is 26.2 Å². The van der Waals surface area contributed by atoms with Crippen molar-refractivity contribution in [3.63, 3.8) is 0 Å². The lowest BCUT2D eigenvalue weighted by atomic mass is 9.71. The van der Waals surface area contributed by atoms with Gasteiger partial charge in [-0.25, -0.2) is 0 Å². The fraction of sp³-hybridized carbons (Fsp3) is 1.00. The second kappa shape index (κ2) is 2.94. The van der Waals surface area contributed by atoms with E-state index in [-0.39, 0.29) is 5.60 Å². The molecule has 2 nitrogen and oxygen atoms in total. The molecule has 0 spiro atoms. The molecule has 12 heavy (non-hydrogen) atoms. The Hall–Kier alpha value is 0.350. The first-order valence-electron chi connectivity index (χ1n) is 4.77. The molecule has 1 saturated carbocycles. The van der Waals surface area contributed by atoms with Crippen molar-refractivity contribution in [3.8, 4) is 0 Å². The number of aliphatic hydroxyl groups is 1. The Morgan fingerprint density at radius 1 is 1.33 bits per heavy atom. The zero-order valence-electron chi connectivity index (χ0n) is 7.66. The maximum Gasteiger partial charge on any atom is 0.0626 e. The highest BCUT2D eigenvalue weighted by Crippen LogP contribution is 2.40. The largest absolute Gasteiger partial charge is 0.390 e.